The third-order valence-electron chi connectivity index (χ3n) is 3.07. The average molecular weight is 280 g/mol. The first-order valence-corrected chi connectivity index (χ1v) is 7.63. The van der Waals surface area contributed by atoms with E-state index in [1.807, 2.05) is 37.3 Å². The minimum Gasteiger partial charge on any atom is -0.462 e. The van der Waals surface area contributed by atoms with Gasteiger partial charge in [0.15, 0.2) is 0 Å². The Labute approximate surface area is 118 Å². The third kappa shape index (κ3) is 4.88. The Morgan fingerprint density at radius 3 is 2.89 bits per heavy atom. The largest absolute Gasteiger partial charge is 0.462 e. The summed E-state index contributed by atoms with van der Waals surface area (Å²) in [5.41, 5.74) is 0. The SMILES string of the molecule is CC(Sc1ccccc1)C(=O)OCC1CCCCO1. The lowest BCUT2D eigenvalue weighted by molar-refractivity contribution is -0.148. The number of carbonyl (C=O) groups excluding carboxylic acids is 1. The standard InChI is InChI=1S/C15H20O3S/c1-12(19-14-8-3-2-4-9-14)15(16)18-11-13-7-5-6-10-17-13/h2-4,8-9,12-13H,5-7,10-11H2,1H3. The first-order valence-electron chi connectivity index (χ1n) is 6.75. The highest BCUT2D eigenvalue weighted by atomic mass is 32.2. The second kappa shape index (κ2) is 7.56. The summed E-state index contributed by atoms with van der Waals surface area (Å²) in [6.07, 6.45) is 3.36. The molecule has 0 aliphatic carbocycles. The van der Waals surface area contributed by atoms with Crippen molar-refractivity contribution in [1.29, 1.82) is 0 Å². The molecule has 1 fully saturated rings. The molecule has 1 saturated heterocycles. The number of thioether (sulfide) groups is 1. The van der Waals surface area contributed by atoms with Crippen molar-refractivity contribution in [2.45, 2.75) is 42.4 Å². The molecule has 0 radical (unpaired) electrons. The molecule has 0 N–H and O–H groups in total. The van der Waals surface area contributed by atoms with Gasteiger partial charge in [0.05, 0.1) is 6.10 Å². The van der Waals surface area contributed by atoms with E-state index in [-0.39, 0.29) is 17.3 Å². The van der Waals surface area contributed by atoms with Crippen LogP contribution in [0.1, 0.15) is 26.2 Å². The van der Waals surface area contributed by atoms with Crippen molar-refractivity contribution in [3.05, 3.63) is 30.3 Å². The number of rotatable bonds is 5. The fourth-order valence-electron chi connectivity index (χ4n) is 1.98. The number of benzene rings is 1. The summed E-state index contributed by atoms with van der Waals surface area (Å²) in [7, 11) is 0. The molecule has 1 aromatic carbocycles. The topological polar surface area (TPSA) is 35.5 Å². The number of ether oxygens (including phenoxy) is 2. The Bertz CT molecular complexity index is 388. The zero-order valence-electron chi connectivity index (χ0n) is 11.2. The van der Waals surface area contributed by atoms with E-state index in [2.05, 4.69) is 0 Å². The number of carbonyl (C=O) groups is 1. The minimum absolute atomic E-state index is 0.0895. The second-order valence-corrected chi connectivity index (χ2v) is 6.11. The maximum absolute atomic E-state index is 11.9. The highest BCUT2D eigenvalue weighted by molar-refractivity contribution is 8.00. The molecule has 2 unspecified atom stereocenters. The lowest BCUT2D eigenvalue weighted by atomic mass is 10.1. The third-order valence-corrected chi connectivity index (χ3v) is 4.16. The molecule has 0 amide bonds. The van der Waals surface area contributed by atoms with Gasteiger partial charge < -0.3 is 9.47 Å². The van der Waals surface area contributed by atoms with Crippen molar-refractivity contribution < 1.29 is 14.3 Å². The van der Waals surface area contributed by atoms with Crippen LogP contribution in [0.5, 0.6) is 0 Å². The van der Waals surface area contributed by atoms with E-state index in [0.717, 1.165) is 30.8 Å². The van der Waals surface area contributed by atoms with Crippen LogP contribution in [-0.2, 0) is 14.3 Å². The van der Waals surface area contributed by atoms with E-state index < -0.39 is 0 Å². The molecule has 2 rings (SSSR count). The monoisotopic (exact) mass is 280 g/mol. The first kappa shape index (κ1) is 14.4. The molecule has 2 atom stereocenters. The van der Waals surface area contributed by atoms with Crippen LogP contribution in [-0.4, -0.2) is 30.5 Å². The summed E-state index contributed by atoms with van der Waals surface area (Å²) >= 11 is 1.52. The van der Waals surface area contributed by atoms with Gasteiger partial charge >= 0.3 is 5.97 Å². The van der Waals surface area contributed by atoms with Gasteiger partial charge in [0, 0.05) is 11.5 Å². The molecule has 0 aromatic heterocycles. The molecule has 1 aliphatic rings. The summed E-state index contributed by atoms with van der Waals surface area (Å²) in [5.74, 6) is -0.164. The molecule has 104 valence electrons. The molecule has 0 spiro atoms. The van der Waals surface area contributed by atoms with Crippen molar-refractivity contribution in [3.8, 4) is 0 Å². The fraction of sp³-hybridized carbons (Fsp3) is 0.533. The van der Waals surface area contributed by atoms with Gasteiger partial charge in [-0.15, -0.1) is 11.8 Å². The zero-order valence-corrected chi connectivity index (χ0v) is 12.0. The van der Waals surface area contributed by atoms with E-state index >= 15 is 0 Å². The Kier molecular flexibility index (Phi) is 5.73. The van der Waals surface area contributed by atoms with Crippen molar-refractivity contribution in [2.75, 3.05) is 13.2 Å². The average Bonchev–Trinajstić information content (AvgIpc) is 2.47. The summed E-state index contributed by atoms with van der Waals surface area (Å²) in [6.45, 7) is 3.05. The van der Waals surface area contributed by atoms with E-state index in [1.54, 1.807) is 0 Å². The maximum atomic E-state index is 11.9. The number of esters is 1. The first-order chi connectivity index (χ1) is 9.25. The van der Waals surface area contributed by atoms with Crippen LogP contribution in [0, 0.1) is 0 Å². The molecular weight excluding hydrogens is 260 g/mol. The van der Waals surface area contributed by atoms with Crippen molar-refractivity contribution in [2.24, 2.45) is 0 Å². The Morgan fingerprint density at radius 1 is 1.42 bits per heavy atom. The molecule has 0 bridgehead atoms. The molecule has 4 heteroatoms. The minimum atomic E-state index is -0.189. The van der Waals surface area contributed by atoms with Gasteiger partial charge in [-0.05, 0) is 38.3 Å². The maximum Gasteiger partial charge on any atom is 0.319 e. The summed E-state index contributed by atoms with van der Waals surface area (Å²) in [4.78, 5) is 13.0. The quantitative estimate of drug-likeness (QED) is 0.612. The van der Waals surface area contributed by atoms with E-state index in [0.29, 0.717) is 6.61 Å². The molecule has 3 nitrogen and oxygen atoms in total. The number of hydrogen-bond acceptors (Lipinski definition) is 4. The highest BCUT2D eigenvalue weighted by Crippen LogP contribution is 2.23. The number of hydrogen-bond donors (Lipinski definition) is 0. The van der Waals surface area contributed by atoms with Crippen LogP contribution in [0.3, 0.4) is 0 Å². The predicted octanol–water partition coefficient (Wildman–Crippen LogP) is 3.28. The molecule has 1 aliphatic heterocycles. The van der Waals surface area contributed by atoms with Gasteiger partial charge in [-0.25, -0.2) is 0 Å². The smallest absolute Gasteiger partial charge is 0.319 e. The van der Waals surface area contributed by atoms with Crippen LogP contribution >= 0.6 is 11.8 Å². The summed E-state index contributed by atoms with van der Waals surface area (Å²) < 4.78 is 10.9. The van der Waals surface area contributed by atoms with Crippen LogP contribution in [0.2, 0.25) is 0 Å². The van der Waals surface area contributed by atoms with E-state index in [1.165, 1.54) is 11.8 Å². The molecule has 1 heterocycles. The Hall–Kier alpha value is -1.00. The van der Waals surface area contributed by atoms with Gasteiger partial charge in [0.25, 0.3) is 0 Å². The molecule has 1 aromatic rings. The second-order valence-electron chi connectivity index (χ2n) is 4.69. The van der Waals surface area contributed by atoms with Crippen molar-refractivity contribution in [3.63, 3.8) is 0 Å². The van der Waals surface area contributed by atoms with E-state index in [4.69, 9.17) is 9.47 Å². The van der Waals surface area contributed by atoms with Crippen LogP contribution in [0.15, 0.2) is 35.2 Å². The Morgan fingerprint density at radius 2 is 2.21 bits per heavy atom. The summed E-state index contributed by atoms with van der Waals surface area (Å²) in [5, 5.41) is -0.189. The van der Waals surface area contributed by atoms with Crippen molar-refractivity contribution >= 4 is 17.7 Å². The van der Waals surface area contributed by atoms with Crippen LogP contribution in [0.25, 0.3) is 0 Å². The van der Waals surface area contributed by atoms with Crippen LogP contribution in [0.4, 0.5) is 0 Å². The lowest BCUT2D eigenvalue weighted by Crippen LogP contribution is -2.28. The van der Waals surface area contributed by atoms with Crippen LogP contribution < -0.4 is 0 Å². The highest BCUT2D eigenvalue weighted by Gasteiger charge is 2.20. The molecular formula is C15H20O3S. The summed E-state index contributed by atoms with van der Waals surface area (Å²) in [6, 6.07) is 9.90. The van der Waals surface area contributed by atoms with Gasteiger partial charge in [-0.3, -0.25) is 4.79 Å². The fourth-order valence-corrected chi connectivity index (χ4v) is 2.87. The molecule has 0 saturated carbocycles. The zero-order chi connectivity index (χ0) is 13.5. The Balaban J connectivity index is 1.73. The van der Waals surface area contributed by atoms with Crippen molar-refractivity contribution in [1.82, 2.24) is 0 Å². The molecule has 19 heavy (non-hydrogen) atoms. The van der Waals surface area contributed by atoms with E-state index in [9.17, 15) is 4.79 Å². The normalized spacial score (nSPS) is 20.8. The predicted molar refractivity (Wildman–Crippen MR) is 76.3 cm³/mol. The van der Waals surface area contributed by atoms with Gasteiger partial charge in [0.1, 0.15) is 11.9 Å². The van der Waals surface area contributed by atoms with Gasteiger partial charge in [-0.1, -0.05) is 18.2 Å². The van der Waals surface area contributed by atoms with Gasteiger partial charge in [-0.2, -0.15) is 0 Å². The van der Waals surface area contributed by atoms with Gasteiger partial charge in [0.2, 0.25) is 0 Å². The lowest BCUT2D eigenvalue weighted by Gasteiger charge is -2.22.